The molecule has 0 atom stereocenters. The molecule has 4 aromatic carbocycles. The summed E-state index contributed by atoms with van der Waals surface area (Å²) >= 11 is 0. The van der Waals surface area contributed by atoms with Crippen molar-refractivity contribution in [1.82, 2.24) is 4.57 Å². The molecule has 29 heavy (non-hydrogen) atoms. The second-order valence-electron chi connectivity index (χ2n) is 6.72. The van der Waals surface area contributed by atoms with Crippen molar-refractivity contribution in [3.63, 3.8) is 0 Å². The van der Waals surface area contributed by atoms with Gasteiger partial charge in [-0.3, -0.25) is 0 Å². The largest absolute Gasteiger partial charge is 0.488 e. The van der Waals surface area contributed by atoms with E-state index in [0.717, 1.165) is 10.8 Å². The van der Waals surface area contributed by atoms with Crippen LogP contribution in [0.4, 0.5) is 0 Å². The molecule has 0 saturated carbocycles. The Morgan fingerprint density at radius 2 is 1.59 bits per heavy atom. The lowest BCUT2D eigenvalue weighted by Crippen LogP contribution is -2.29. The van der Waals surface area contributed by atoms with Crippen LogP contribution in [0.2, 0.25) is 0 Å². The van der Waals surface area contributed by atoms with Crippen LogP contribution < -0.4 is 5.46 Å². The standard InChI is InChI=1S/C24H16BNO3/c27-25(28)15-9-12-22-20(13-15)17-5-1-3-7-21(17)26(22)16-10-11-19-18-6-2-4-8-23(18)29-24(19)14-16/h1-14,27-28H/i1D,3D,5D,7D,9D,12D,13D. The molecule has 2 N–H and O–H groups in total. The second kappa shape index (κ2) is 5.98. The summed E-state index contributed by atoms with van der Waals surface area (Å²) in [4.78, 5) is 0. The maximum Gasteiger partial charge on any atom is 0.488 e. The molecule has 0 fully saturated rings. The Morgan fingerprint density at radius 1 is 0.793 bits per heavy atom. The van der Waals surface area contributed by atoms with E-state index in [1.807, 2.05) is 24.3 Å². The van der Waals surface area contributed by atoms with E-state index < -0.39 is 48.8 Å². The number of rotatable bonds is 2. The Bertz CT molecular complexity index is 1910. The minimum atomic E-state index is -2.21. The van der Waals surface area contributed by atoms with Crippen LogP contribution >= 0.6 is 0 Å². The van der Waals surface area contributed by atoms with Crippen LogP contribution in [0.15, 0.2) is 89.2 Å². The number of furan rings is 1. The third kappa shape index (κ3) is 2.35. The highest BCUT2D eigenvalue weighted by Gasteiger charge is 2.17. The first-order chi connectivity index (χ1) is 17.1. The van der Waals surface area contributed by atoms with E-state index in [1.54, 1.807) is 18.2 Å². The molecule has 0 aliphatic carbocycles. The normalized spacial score (nSPS) is 15.2. The molecule has 4 nitrogen and oxygen atoms in total. The van der Waals surface area contributed by atoms with E-state index in [2.05, 4.69) is 0 Å². The molecule has 138 valence electrons. The minimum absolute atomic E-state index is 0.00754. The first-order valence-electron chi connectivity index (χ1n) is 12.4. The van der Waals surface area contributed by atoms with Crippen LogP contribution in [0.3, 0.4) is 0 Å². The average Bonchev–Trinajstić information content (AvgIpc) is 3.41. The molecule has 0 saturated heterocycles. The molecule has 2 heterocycles. The van der Waals surface area contributed by atoms with E-state index in [1.165, 1.54) is 4.57 Å². The lowest BCUT2D eigenvalue weighted by molar-refractivity contribution is 0.426. The van der Waals surface area contributed by atoms with Gasteiger partial charge in [0.1, 0.15) is 11.2 Å². The van der Waals surface area contributed by atoms with Gasteiger partial charge in [0.15, 0.2) is 0 Å². The minimum Gasteiger partial charge on any atom is -0.456 e. The van der Waals surface area contributed by atoms with Crippen LogP contribution in [0.25, 0.3) is 49.4 Å². The molecule has 0 bridgehead atoms. The van der Waals surface area contributed by atoms with E-state index in [0.29, 0.717) is 16.9 Å². The lowest BCUT2D eigenvalue weighted by atomic mass is 9.80. The Hall–Kier alpha value is -3.54. The molecule has 0 aliphatic heterocycles. The SMILES string of the molecule is [2H]c1c([2H])c([2H])c2c(c1[2H])c1c([2H])c(B(O)O)c([2H])c([2H])c1n2-c1ccc2c(c1)oc1ccccc12. The predicted molar refractivity (Wildman–Crippen MR) is 118 cm³/mol. The number of fused-ring (bicyclic) bond motifs is 6. The zero-order chi connectivity index (χ0) is 25.6. The van der Waals surface area contributed by atoms with Crippen molar-refractivity contribution in [2.75, 3.05) is 0 Å². The van der Waals surface area contributed by atoms with E-state index in [-0.39, 0.29) is 27.8 Å². The summed E-state index contributed by atoms with van der Waals surface area (Å²) in [5.41, 5.74) is 1.07. The van der Waals surface area contributed by atoms with Crippen LogP contribution in [0, 0.1) is 0 Å². The Labute approximate surface area is 176 Å². The van der Waals surface area contributed by atoms with Gasteiger partial charge >= 0.3 is 7.12 Å². The van der Waals surface area contributed by atoms with Crippen LogP contribution in [-0.4, -0.2) is 21.7 Å². The highest BCUT2D eigenvalue weighted by atomic mass is 16.4. The Kier molecular flexibility index (Phi) is 2.24. The van der Waals surface area contributed by atoms with Gasteiger partial charge in [0.25, 0.3) is 0 Å². The quantitative estimate of drug-likeness (QED) is 0.436. The number of aromatic nitrogens is 1. The van der Waals surface area contributed by atoms with Crippen molar-refractivity contribution in [3.05, 3.63) is 84.8 Å². The molecule has 2 aromatic heterocycles. The third-order valence-electron chi connectivity index (χ3n) is 5.06. The molecule has 6 aromatic rings. The van der Waals surface area contributed by atoms with Gasteiger partial charge < -0.3 is 19.0 Å². The van der Waals surface area contributed by atoms with Crippen molar-refractivity contribution in [2.45, 2.75) is 0 Å². The molecular formula is C24H16BNO3. The van der Waals surface area contributed by atoms with Gasteiger partial charge in [-0.25, -0.2) is 0 Å². The monoisotopic (exact) mass is 384 g/mol. The fourth-order valence-electron chi connectivity index (χ4n) is 3.77. The summed E-state index contributed by atoms with van der Waals surface area (Å²) in [6.45, 7) is 0. The van der Waals surface area contributed by atoms with Crippen molar-refractivity contribution >= 4 is 56.3 Å². The van der Waals surface area contributed by atoms with Gasteiger partial charge in [-0.15, -0.1) is 0 Å². The summed E-state index contributed by atoms with van der Waals surface area (Å²) in [6.07, 6.45) is 0. The van der Waals surface area contributed by atoms with Gasteiger partial charge in [-0.2, -0.15) is 0 Å². The van der Waals surface area contributed by atoms with Gasteiger partial charge in [-0.1, -0.05) is 48.4 Å². The number of para-hydroxylation sites is 2. The van der Waals surface area contributed by atoms with Crippen molar-refractivity contribution in [3.8, 4) is 5.69 Å². The van der Waals surface area contributed by atoms with Gasteiger partial charge in [0.05, 0.1) is 20.6 Å². The van der Waals surface area contributed by atoms with Crippen LogP contribution in [0.1, 0.15) is 9.60 Å². The molecule has 6 rings (SSSR count). The maximum absolute atomic E-state index is 9.84. The first kappa shape index (κ1) is 10.9. The summed E-state index contributed by atoms with van der Waals surface area (Å²) in [5, 5.41) is 21.3. The van der Waals surface area contributed by atoms with Crippen molar-refractivity contribution < 1.29 is 24.1 Å². The molecule has 0 amide bonds. The summed E-state index contributed by atoms with van der Waals surface area (Å²) in [5.74, 6) is 0. The third-order valence-corrected chi connectivity index (χ3v) is 5.06. The van der Waals surface area contributed by atoms with Crippen molar-refractivity contribution in [1.29, 1.82) is 0 Å². The second-order valence-corrected chi connectivity index (χ2v) is 6.72. The molecule has 0 aliphatic rings. The van der Waals surface area contributed by atoms with Crippen LogP contribution in [-0.2, 0) is 0 Å². The first-order valence-corrected chi connectivity index (χ1v) is 8.95. The van der Waals surface area contributed by atoms with Gasteiger partial charge in [0, 0.05) is 33.3 Å². The van der Waals surface area contributed by atoms with Crippen molar-refractivity contribution in [2.24, 2.45) is 0 Å². The van der Waals surface area contributed by atoms with Gasteiger partial charge in [0.2, 0.25) is 0 Å². The Balaban J connectivity index is 1.86. The fourth-order valence-corrected chi connectivity index (χ4v) is 3.77. The zero-order valence-corrected chi connectivity index (χ0v) is 14.9. The highest BCUT2D eigenvalue weighted by molar-refractivity contribution is 6.59. The molecule has 0 unspecified atom stereocenters. The summed E-state index contributed by atoms with van der Waals surface area (Å²) < 4.78 is 66.7. The van der Waals surface area contributed by atoms with E-state index in [9.17, 15) is 10.0 Å². The number of nitrogens with zero attached hydrogens (tertiary/aromatic N) is 1. The Morgan fingerprint density at radius 3 is 2.48 bits per heavy atom. The predicted octanol–water partition coefficient (Wildman–Crippen LogP) is 4.36. The number of hydrogen-bond donors (Lipinski definition) is 2. The maximum atomic E-state index is 9.84. The highest BCUT2D eigenvalue weighted by Crippen LogP contribution is 2.34. The van der Waals surface area contributed by atoms with E-state index in [4.69, 9.17) is 14.0 Å². The molecule has 0 radical (unpaired) electrons. The average molecular weight is 384 g/mol. The number of hydrogen-bond acceptors (Lipinski definition) is 3. The molecular weight excluding hydrogens is 361 g/mol. The van der Waals surface area contributed by atoms with Gasteiger partial charge in [-0.05, 0) is 35.7 Å². The summed E-state index contributed by atoms with van der Waals surface area (Å²) in [7, 11) is -2.21. The lowest BCUT2D eigenvalue weighted by Gasteiger charge is -2.08. The molecule has 5 heteroatoms. The topological polar surface area (TPSA) is 58.5 Å². The smallest absolute Gasteiger partial charge is 0.456 e. The van der Waals surface area contributed by atoms with E-state index >= 15 is 0 Å². The fraction of sp³-hybridized carbons (Fsp3) is 0. The van der Waals surface area contributed by atoms with Crippen LogP contribution in [0.5, 0.6) is 0 Å². The zero-order valence-electron chi connectivity index (χ0n) is 21.9. The molecule has 0 spiro atoms. The summed E-state index contributed by atoms with van der Waals surface area (Å²) in [6, 6.07) is 9.34. The number of benzene rings is 4.